The quantitative estimate of drug-likeness (QED) is 0.567. The summed E-state index contributed by atoms with van der Waals surface area (Å²) in [6.45, 7) is 6.03. The Hall–Kier alpha value is -3.08. The molecule has 1 heterocycles. The SMILES string of the molecule is Cc1noc(C)c1COc1ccc(CC(=O)O[C@H](C)c2ccccc2)cc1. The minimum atomic E-state index is -0.267. The second kappa shape index (κ2) is 8.54. The largest absolute Gasteiger partial charge is 0.489 e. The number of carbonyl (C=O) groups excluding carboxylic acids is 1. The van der Waals surface area contributed by atoms with Crippen molar-refractivity contribution < 1.29 is 18.8 Å². The van der Waals surface area contributed by atoms with Crippen LogP contribution in [0.4, 0.5) is 0 Å². The molecule has 0 amide bonds. The third kappa shape index (κ3) is 4.97. The Kier molecular flexibility index (Phi) is 5.91. The van der Waals surface area contributed by atoms with Gasteiger partial charge in [-0.3, -0.25) is 4.79 Å². The number of hydrogen-bond acceptors (Lipinski definition) is 5. The summed E-state index contributed by atoms with van der Waals surface area (Å²) in [6, 6.07) is 17.1. The summed E-state index contributed by atoms with van der Waals surface area (Å²) < 4.78 is 16.4. The van der Waals surface area contributed by atoms with E-state index in [1.807, 2.05) is 75.4 Å². The van der Waals surface area contributed by atoms with E-state index < -0.39 is 0 Å². The number of hydrogen-bond donors (Lipinski definition) is 0. The van der Waals surface area contributed by atoms with Crippen molar-refractivity contribution in [1.82, 2.24) is 5.16 Å². The van der Waals surface area contributed by atoms with E-state index in [-0.39, 0.29) is 18.5 Å². The molecule has 1 aromatic heterocycles. The Morgan fingerprint density at radius 1 is 1.07 bits per heavy atom. The highest BCUT2D eigenvalue weighted by Gasteiger charge is 2.13. The third-order valence-corrected chi connectivity index (χ3v) is 4.41. The molecule has 0 saturated carbocycles. The van der Waals surface area contributed by atoms with Crippen LogP contribution in [0.2, 0.25) is 0 Å². The fourth-order valence-corrected chi connectivity index (χ4v) is 2.76. The van der Waals surface area contributed by atoms with Crippen LogP contribution in [-0.2, 0) is 22.6 Å². The van der Waals surface area contributed by atoms with Crippen LogP contribution in [0.5, 0.6) is 5.75 Å². The molecule has 0 aliphatic heterocycles. The summed E-state index contributed by atoms with van der Waals surface area (Å²) in [5, 5.41) is 3.91. The normalized spacial score (nSPS) is 11.8. The van der Waals surface area contributed by atoms with Gasteiger partial charge in [0.15, 0.2) is 0 Å². The molecule has 27 heavy (non-hydrogen) atoms. The molecule has 0 fully saturated rings. The molecule has 0 saturated heterocycles. The summed E-state index contributed by atoms with van der Waals surface area (Å²) in [5.74, 6) is 1.24. The van der Waals surface area contributed by atoms with Gasteiger partial charge in [-0.05, 0) is 44.0 Å². The third-order valence-electron chi connectivity index (χ3n) is 4.41. The van der Waals surface area contributed by atoms with Gasteiger partial charge in [0, 0.05) is 0 Å². The monoisotopic (exact) mass is 365 g/mol. The first-order chi connectivity index (χ1) is 13.0. The van der Waals surface area contributed by atoms with Gasteiger partial charge in [-0.15, -0.1) is 0 Å². The van der Waals surface area contributed by atoms with Crippen molar-refractivity contribution in [3.05, 3.63) is 82.7 Å². The Bertz CT molecular complexity index is 865. The number of nitrogens with zero attached hydrogens (tertiary/aromatic N) is 1. The number of aryl methyl sites for hydroxylation is 2. The molecule has 0 aliphatic carbocycles. The average Bonchev–Trinajstić information content (AvgIpc) is 2.99. The maximum Gasteiger partial charge on any atom is 0.310 e. The van der Waals surface area contributed by atoms with Crippen molar-refractivity contribution in [3.63, 3.8) is 0 Å². The second-order valence-corrected chi connectivity index (χ2v) is 6.45. The summed E-state index contributed by atoms with van der Waals surface area (Å²) >= 11 is 0. The molecule has 3 aromatic rings. The first-order valence-electron chi connectivity index (χ1n) is 8.91. The second-order valence-electron chi connectivity index (χ2n) is 6.45. The lowest BCUT2D eigenvalue weighted by Gasteiger charge is -2.13. The molecule has 1 atom stereocenters. The van der Waals surface area contributed by atoms with Gasteiger partial charge in [0.05, 0.1) is 17.7 Å². The summed E-state index contributed by atoms with van der Waals surface area (Å²) in [7, 11) is 0. The maximum atomic E-state index is 12.2. The molecule has 0 unspecified atom stereocenters. The fourth-order valence-electron chi connectivity index (χ4n) is 2.76. The minimum Gasteiger partial charge on any atom is -0.489 e. The molecule has 0 N–H and O–H groups in total. The van der Waals surface area contributed by atoms with Crippen LogP contribution in [-0.4, -0.2) is 11.1 Å². The Morgan fingerprint density at radius 2 is 1.78 bits per heavy atom. The molecule has 0 spiro atoms. The van der Waals surface area contributed by atoms with Crippen LogP contribution in [0, 0.1) is 13.8 Å². The minimum absolute atomic E-state index is 0.224. The van der Waals surface area contributed by atoms with Gasteiger partial charge in [0.1, 0.15) is 24.2 Å². The predicted molar refractivity (Wildman–Crippen MR) is 101 cm³/mol. The van der Waals surface area contributed by atoms with Crippen molar-refractivity contribution >= 4 is 5.97 Å². The molecule has 0 bridgehead atoms. The van der Waals surface area contributed by atoms with Crippen molar-refractivity contribution in [2.75, 3.05) is 0 Å². The van der Waals surface area contributed by atoms with Crippen molar-refractivity contribution in [1.29, 1.82) is 0 Å². The van der Waals surface area contributed by atoms with E-state index in [1.54, 1.807) is 0 Å². The number of rotatable bonds is 7. The van der Waals surface area contributed by atoms with Gasteiger partial charge in [0.2, 0.25) is 0 Å². The number of carbonyl (C=O) groups is 1. The van der Waals surface area contributed by atoms with Gasteiger partial charge >= 0.3 is 5.97 Å². The van der Waals surface area contributed by atoms with E-state index in [4.69, 9.17) is 14.0 Å². The van der Waals surface area contributed by atoms with Crippen LogP contribution in [0.25, 0.3) is 0 Å². The van der Waals surface area contributed by atoms with E-state index in [2.05, 4.69) is 5.16 Å². The van der Waals surface area contributed by atoms with Gasteiger partial charge in [-0.2, -0.15) is 0 Å². The Balaban J connectivity index is 1.52. The van der Waals surface area contributed by atoms with Crippen molar-refractivity contribution in [2.24, 2.45) is 0 Å². The number of esters is 1. The average molecular weight is 365 g/mol. The van der Waals surface area contributed by atoms with E-state index in [1.165, 1.54) is 0 Å². The first-order valence-corrected chi connectivity index (χ1v) is 8.91. The lowest BCUT2D eigenvalue weighted by molar-refractivity contribution is -0.147. The Labute approximate surface area is 158 Å². The summed E-state index contributed by atoms with van der Waals surface area (Å²) in [6.07, 6.45) is -0.0437. The number of benzene rings is 2. The molecular formula is C22H23NO4. The molecular weight excluding hydrogens is 342 g/mol. The smallest absolute Gasteiger partial charge is 0.310 e. The zero-order valence-corrected chi connectivity index (χ0v) is 15.8. The zero-order chi connectivity index (χ0) is 19.2. The van der Waals surface area contributed by atoms with Crippen LogP contribution in [0.1, 0.15) is 41.2 Å². The Morgan fingerprint density at radius 3 is 2.41 bits per heavy atom. The molecule has 3 rings (SSSR count). The lowest BCUT2D eigenvalue weighted by Crippen LogP contribution is -2.11. The zero-order valence-electron chi connectivity index (χ0n) is 15.8. The van der Waals surface area contributed by atoms with Gasteiger partial charge in [-0.1, -0.05) is 47.6 Å². The van der Waals surface area contributed by atoms with Crippen molar-refractivity contribution in [3.8, 4) is 5.75 Å². The lowest BCUT2D eigenvalue weighted by atomic mass is 10.1. The topological polar surface area (TPSA) is 61.6 Å². The van der Waals surface area contributed by atoms with E-state index in [0.29, 0.717) is 6.61 Å². The highest BCUT2D eigenvalue weighted by atomic mass is 16.5. The summed E-state index contributed by atoms with van der Waals surface area (Å²) in [4.78, 5) is 12.2. The van der Waals surface area contributed by atoms with Crippen LogP contribution in [0.15, 0.2) is 59.1 Å². The molecule has 5 nitrogen and oxygen atoms in total. The number of ether oxygens (including phenoxy) is 2. The van der Waals surface area contributed by atoms with Crippen LogP contribution in [0.3, 0.4) is 0 Å². The molecule has 140 valence electrons. The van der Waals surface area contributed by atoms with Gasteiger partial charge < -0.3 is 14.0 Å². The van der Waals surface area contributed by atoms with E-state index >= 15 is 0 Å². The molecule has 5 heteroatoms. The van der Waals surface area contributed by atoms with Crippen LogP contribution < -0.4 is 4.74 Å². The fraction of sp³-hybridized carbons (Fsp3) is 0.273. The highest BCUT2D eigenvalue weighted by molar-refractivity contribution is 5.72. The number of aromatic nitrogens is 1. The molecule has 0 radical (unpaired) electrons. The van der Waals surface area contributed by atoms with Gasteiger partial charge in [0.25, 0.3) is 0 Å². The van der Waals surface area contributed by atoms with Gasteiger partial charge in [-0.25, -0.2) is 0 Å². The predicted octanol–water partition coefficient (Wildman–Crippen LogP) is 4.72. The molecule has 0 aliphatic rings. The van der Waals surface area contributed by atoms with Crippen LogP contribution >= 0.6 is 0 Å². The first kappa shape index (κ1) is 18.7. The highest BCUT2D eigenvalue weighted by Crippen LogP contribution is 2.20. The van der Waals surface area contributed by atoms with Crippen molar-refractivity contribution in [2.45, 2.75) is 39.9 Å². The maximum absolute atomic E-state index is 12.2. The van der Waals surface area contributed by atoms with E-state index in [9.17, 15) is 4.79 Å². The summed E-state index contributed by atoms with van der Waals surface area (Å²) in [5.41, 5.74) is 3.65. The van der Waals surface area contributed by atoms with E-state index in [0.717, 1.165) is 33.9 Å². The molecule has 2 aromatic carbocycles. The standard InChI is InChI=1S/C22H23NO4/c1-15-21(17(3)27-23-15)14-25-20-11-9-18(10-12-20)13-22(24)26-16(2)19-7-5-4-6-8-19/h4-12,16H,13-14H2,1-3H3/t16-/m1/s1.